The van der Waals surface area contributed by atoms with E-state index in [-0.39, 0.29) is 0 Å². The van der Waals surface area contributed by atoms with Crippen LogP contribution >= 0.6 is 0 Å². The molecule has 1 fully saturated rings. The van der Waals surface area contributed by atoms with Gasteiger partial charge in [0.2, 0.25) is 5.95 Å². The Kier molecular flexibility index (Phi) is 5.24. The lowest BCUT2D eigenvalue weighted by Gasteiger charge is -2.29. The minimum absolute atomic E-state index is 0.780. The van der Waals surface area contributed by atoms with Gasteiger partial charge in [0.1, 0.15) is 5.82 Å². The van der Waals surface area contributed by atoms with Crippen LogP contribution in [0.5, 0.6) is 0 Å². The van der Waals surface area contributed by atoms with Crippen molar-refractivity contribution in [2.24, 2.45) is 0 Å². The first-order valence-corrected chi connectivity index (χ1v) is 10.6. The van der Waals surface area contributed by atoms with Crippen LogP contribution in [0.25, 0.3) is 0 Å². The molecule has 6 nitrogen and oxygen atoms in total. The highest BCUT2D eigenvalue weighted by Crippen LogP contribution is 2.26. The first-order chi connectivity index (χ1) is 14.8. The molecule has 2 aromatic carbocycles. The van der Waals surface area contributed by atoms with E-state index < -0.39 is 0 Å². The fraction of sp³-hybridized carbons (Fsp3) is 0.333. The number of rotatable bonds is 4. The van der Waals surface area contributed by atoms with Crippen LogP contribution in [0, 0.1) is 6.92 Å². The van der Waals surface area contributed by atoms with Gasteiger partial charge in [-0.05, 0) is 48.7 Å². The van der Waals surface area contributed by atoms with Crippen LogP contribution < -0.4 is 15.1 Å². The lowest BCUT2D eigenvalue weighted by molar-refractivity contribution is 0.122. The maximum Gasteiger partial charge on any atom is 0.227 e. The smallest absolute Gasteiger partial charge is 0.227 e. The number of nitrogens with one attached hydrogen (secondary N) is 1. The van der Waals surface area contributed by atoms with E-state index in [1.165, 1.54) is 16.8 Å². The molecule has 5 rings (SSSR count). The summed E-state index contributed by atoms with van der Waals surface area (Å²) in [5.41, 5.74) is 6.09. The van der Waals surface area contributed by atoms with Gasteiger partial charge >= 0.3 is 0 Å². The number of fused-ring (bicyclic) bond motifs is 1. The van der Waals surface area contributed by atoms with E-state index in [0.29, 0.717) is 0 Å². The predicted molar refractivity (Wildman–Crippen MR) is 121 cm³/mol. The van der Waals surface area contributed by atoms with Gasteiger partial charge in [0, 0.05) is 49.3 Å². The van der Waals surface area contributed by atoms with Crippen LogP contribution in [0.3, 0.4) is 0 Å². The molecule has 0 saturated carbocycles. The van der Waals surface area contributed by atoms with E-state index in [0.717, 1.165) is 68.8 Å². The summed E-state index contributed by atoms with van der Waals surface area (Å²) in [6.45, 7) is 7.31. The van der Waals surface area contributed by atoms with E-state index in [2.05, 4.69) is 68.6 Å². The number of hydrogen-bond donors (Lipinski definition) is 1. The van der Waals surface area contributed by atoms with Crippen molar-refractivity contribution in [3.63, 3.8) is 0 Å². The Morgan fingerprint density at radius 1 is 0.900 bits per heavy atom. The van der Waals surface area contributed by atoms with Crippen molar-refractivity contribution in [1.29, 1.82) is 0 Å². The monoisotopic (exact) mass is 401 g/mol. The third kappa shape index (κ3) is 3.96. The SMILES string of the molecule is Cc1cnc(N2CCc3ccccc3C2)nc1Nc1ccc(N2CCOCC2)cc1. The molecule has 0 spiro atoms. The van der Waals surface area contributed by atoms with E-state index >= 15 is 0 Å². The van der Waals surface area contributed by atoms with Crippen molar-refractivity contribution in [3.05, 3.63) is 71.4 Å². The first-order valence-electron chi connectivity index (χ1n) is 10.6. The summed E-state index contributed by atoms with van der Waals surface area (Å²) in [6, 6.07) is 17.2. The van der Waals surface area contributed by atoms with Crippen molar-refractivity contribution >= 4 is 23.1 Å². The molecule has 0 unspecified atom stereocenters. The number of aryl methyl sites for hydroxylation is 1. The van der Waals surface area contributed by atoms with Crippen molar-refractivity contribution in [2.75, 3.05) is 48.0 Å². The zero-order valence-electron chi connectivity index (χ0n) is 17.3. The molecule has 2 aliphatic rings. The Hall–Kier alpha value is -3.12. The Balaban J connectivity index is 1.32. The molecule has 3 heterocycles. The molecule has 3 aromatic rings. The maximum atomic E-state index is 5.45. The number of benzene rings is 2. The Bertz CT molecular complexity index is 1010. The van der Waals surface area contributed by atoms with Gasteiger partial charge in [-0.3, -0.25) is 0 Å². The molecule has 30 heavy (non-hydrogen) atoms. The van der Waals surface area contributed by atoms with Gasteiger partial charge in [-0.25, -0.2) is 4.98 Å². The summed E-state index contributed by atoms with van der Waals surface area (Å²) < 4.78 is 5.45. The van der Waals surface area contributed by atoms with Crippen LogP contribution in [-0.4, -0.2) is 42.8 Å². The van der Waals surface area contributed by atoms with Gasteiger partial charge in [-0.2, -0.15) is 4.98 Å². The van der Waals surface area contributed by atoms with Crippen molar-refractivity contribution in [1.82, 2.24) is 9.97 Å². The van der Waals surface area contributed by atoms with E-state index in [4.69, 9.17) is 9.72 Å². The molecular formula is C24H27N5O. The summed E-state index contributed by atoms with van der Waals surface area (Å²) in [5, 5.41) is 3.48. The minimum Gasteiger partial charge on any atom is -0.378 e. The highest BCUT2D eigenvalue weighted by molar-refractivity contribution is 5.63. The summed E-state index contributed by atoms with van der Waals surface area (Å²) in [4.78, 5) is 14.1. The van der Waals surface area contributed by atoms with Gasteiger partial charge in [0.05, 0.1) is 13.2 Å². The molecule has 0 radical (unpaired) electrons. The highest BCUT2D eigenvalue weighted by Gasteiger charge is 2.19. The van der Waals surface area contributed by atoms with Gasteiger partial charge in [0.15, 0.2) is 0 Å². The van der Waals surface area contributed by atoms with Crippen LogP contribution in [0.4, 0.5) is 23.1 Å². The fourth-order valence-corrected chi connectivity index (χ4v) is 4.09. The molecule has 0 amide bonds. The normalized spacial score (nSPS) is 16.3. The number of ether oxygens (including phenoxy) is 1. The predicted octanol–water partition coefficient (Wildman–Crippen LogP) is 3.93. The summed E-state index contributed by atoms with van der Waals surface area (Å²) in [6.07, 6.45) is 2.94. The minimum atomic E-state index is 0.780. The summed E-state index contributed by atoms with van der Waals surface area (Å²) in [7, 11) is 0. The molecule has 1 saturated heterocycles. The molecule has 2 aliphatic heterocycles. The topological polar surface area (TPSA) is 53.5 Å². The number of nitrogens with zero attached hydrogens (tertiary/aromatic N) is 4. The zero-order valence-corrected chi connectivity index (χ0v) is 17.3. The van der Waals surface area contributed by atoms with Crippen LogP contribution in [0.15, 0.2) is 54.7 Å². The van der Waals surface area contributed by atoms with Crippen molar-refractivity contribution in [2.45, 2.75) is 19.9 Å². The highest BCUT2D eigenvalue weighted by atomic mass is 16.5. The van der Waals surface area contributed by atoms with Gasteiger partial charge < -0.3 is 19.9 Å². The summed E-state index contributed by atoms with van der Waals surface area (Å²) >= 11 is 0. The van der Waals surface area contributed by atoms with Gasteiger partial charge in [0.25, 0.3) is 0 Å². The lowest BCUT2D eigenvalue weighted by atomic mass is 10.0. The third-order valence-corrected chi connectivity index (χ3v) is 5.88. The van der Waals surface area contributed by atoms with Gasteiger partial charge in [-0.15, -0.1) is 0 Å². The molecule has 0 bridgehead atoms. The van der Waals surface area contributed by atoms with Crippen LogP contribution in [0.2, 0.25) is 0 Å². The summed E-state index contributed by atoms with van der Waals surface area (Å²) in [5.74, 6) is 1.64. The standard InChI is InChI=1S/C24H27N5O/c1-18-16-25-24(29-11-10-19-4-2-3-5-20(19)17-29)27-23(18)26-21-6-8-22(9-7-21)28-12-14-30-15-13-28/h2-9,16H,10-15,17H2,1H3,(H,25,26,27). The van der Waals surface area contributed by atoms with E-state index in [1.807, 2.05) is 13.1 Å². The van der Waals surface area contributed by atoms with Crippen LogP contribution in [0.1, 0.15) is 16.7 Å². The second kappa shape index (κ2) is 8.32. The number of hydrogen-bond acceptors (Lipinski definition) is 6. The molecule has 1 N–H and O–H groups in total. The second-order valence-electron chi connectivity index (χ2n) is 7.91. The number of morpholine rings is 1. The quantitative estimate of drug-likeness (QED) is 0.715. The van der Waals surface area contributed by atoms with Crippen LogP contribution in [-0.2, 0) is 17.7 Å². The molecule has 154 valence electrons. The average molecular weight is 402 g/mol. The Morgan fingerprint density at radius 2 is 1.67 bits per heavy atom. The Labute approximate surface area is 177 Å². The largest absolute Gasteiger partial charge is 0.378 e. The van der Waals surface area contributed by atoms with E-state index in [9.17, 15) is 0 Å². The molecule has 0 aliphatic carbocycles. The number of anilines is 4. The lowest BCUT2D eigenvalue weighted by Crippen LogP contribution is -2.36. The molecule has 1 aromatic heterocycles. The van der Waals surface area contributed by atoms with Crippen molar-refractivity contribution < 1.29 is 4.74 Å². The second-order valence-corrected chi connectivity index (χ2v) is 7.91. The third-order valence-electron chi connectivity index (χ3n) is 5.88. The van der Waals surface area contributed by atoms with E-state index in [1.54, 1.807) is 0 Å². The fourth-order valence-electron chi connectivity index (χ4n) is 4.09. The zero-order chi connectivity index (χ0) is 20.3. The average Bonchev–Trinajstić information content (AvgIpc) is 2.81. The molecule has 0 atom stereocenters. The number of aromatic nitrogens is 2. The molecule has 6 heteroatoms. The van der Waals surface area contributed by atoms with Gasteiger partial charge in [-0.1, -0.05) is 24.3 Å². The Morgan fingerprint density at radius 3 is 2.47 bits per heavy atom. The maximum absolute atomic E-state index is 5.45. The van der Waals surface area contributed by atoms with Crippen molar-refractivity contribution in [3.8, 4) is 0 Å². The molecular weight excluding hydrogens is 374 g/mol. The first kappa shape index (κ1) is 18.9.